The second kappa shape index (κ2) is 6.59. The molecule has 0 saturated heterocycles. The van der Waals surface area contributed by atoms with Crippen LogP contribution in [0.1, 0.15) is 49.7 Å². The average molecular weight is 278 g/mol. The molecule has 0 aromatic heterocycles. The second-order valence-electron chi connectivity index (χ2n) is 6.05. The van der Waals surface area contributed by atoms with Gasteiger partial charge in [-0.3, -0.25) is 0 Å². The summed E-state index contributed by atoms with van der Waals surface area (Å²) in [6.45, 7) is 2.02. The highest BCUT2D eigenvalue weighted by molar-refractivity contribution is 5.37. The Hall–Kier alpha value is -1.06. The van der Waals surface area contributed by atoms with Crippen LogP contribution in [-0.2, 0) is 6.42 Å². The summed E-state index contributed by atoms with van der Waals surface area (Å²) in [5.41, 5.74) is 1.17. The van der Waals surface area contributed by atoms with Crippen LogP contribution in [0, 0.1) is 6.92 Å². The van der Waals surface area contributed by atoms with Gasteiger partial charge in [0, 0.05) is 6.42 Å². The minimum Gasteiger partial charge on any atom is -0.496 e. The normalized spacial score (nSPS) is 20.2. The summed E-state index contributed by atoms with van der Waals surface area (Å²) in [5.74, 6) is 0.784. The molecule has 1 aliphatic carbocycles. The zero-order valence-corrected chi connectivity index (χ0v) is 12.6. The Morgan fingerprint density at radius 3 is 2.45 bits per heavy atom. The Morgan fingerprint density at radius 1 is 1.20 bits per heavy atom. The predicted molar refractivity (Wildman–Crippen MR) is 80.1 cm³/mol. The Morgan fingerprint density at radius 2 is 1.85 bits per heavy atom. The summed E-state index contributed by atoms with van der Waals surface area (Å²) >= 11 is 0. The third kappa shape index (κ3) is 3.53. The molecule has 3 nitrogen and oxygen atoms in total. The molecule has 1 atom stereocenters. The highest BCUT2D eigenvalue weighted by Crippen LogP contribution is 2.32. The van der Waals surface area contributed by atoms with Crippen molar-refractivity contribution in [1.82, 2.24) is 0 Å². The predicted octanol–water partition coefficient (Wildman–Crippen LogP) is 2.99. The molecule has 1 aromatic rings. The van der Waals surface area contributed by atoms with E-state index in [0.29, 0.717) is 19.3 Å². The molecular formula is C17H26O3. The zero-order valence-electron chi connectivity index (χ0n) is 12.6. The van der Waals surface area contributed by atoms with Crippen molar-refractivity contribution < 1.29 is 14.9 Å². The number of ether oxygens (including phenoxy) is 1. The van der Waals surface area contributed by atoms with Crippen LogP contribution in [0.25, 0.3) is 0 Å². The second-order valence-corrected chi connectivity index (χ2v) is 6.05. The van der Waals surface area contributed by atoms with Gasteiger partial charge in [0.15, 0.2) is 0 Å². The summed E-state index contributed by atoms with van der Waals surface area (Å²) in [5, 5.41) is 21.2. The lowest BCUT2D eigenvalue weighted by Gasteiger charge is -2.32. The van der Waals surface area contributed by atoms with E-state index in [-0.39, 0.29) is 0 Å². The van der Waals surface area contributed by atoms with Crippen LogP contribution in [0.2, 0.25) is 0 Å². The molecule has 2 N–H and O–H groups in total. The summed E-state index contributed by atoms with van der Waals surface area (Å²) in [6, 6.07) is 5.95. The van der Waals surface area contributed by atoms with Gasteiger partial charge >= 0.3 is 0 Å². The molecule has 0 heterocycles. The molecule has 112 valence electrons. The minimum absolute atomic E-state index is 0.446. The van der Waals surface area contributed by atoms with E-state index in [9.17, 15) is 10.2 Å². The molecule has 2 rings (SSSR count). The van der Waals surface area contributed by atoms with Crippen LogP contribution >= 0.6 is 0 Å². The maximum atomic E-state index is 10.7. The van der Waals surface area contributed by atoms with Crippen LogP contribution < -0.4 is 4.74 Å². The molecule has 1 aliphatic rings. The Balaban J connectivity index is 2.13. The fraction of sp³-hybridized carbons (Fsp3) is 0.647. The third-order valence-electron chi connectivity index (χ3n) is 4.44. The fourth-order valence-electron chi connectivity index (χ4n) is 3.14. The van der Waals surface area contributed by atoms with E-state index in [4.69, 9.17) is 4.74 Å². The summed E-state index contributed by atoms with van der Waals surface area (Å²) < 4.78 is 5.35. The summed E-state index contributed by atoms with van der Waals surface area (Å²) in [4.78, 5) is 0. The average Bonchev–Trinajstić information content (AvgIpc) is 2.65. The largest absolute Gasteiger partial charge is 0.496 e. The first-order chi connectivity index (χ1) is 9.55. The van der Waals surface area contributed by atoms with Crippen molar-refractivity contribution in [3.8, 4) is 5.75 Å². The molecule has 1 unspecified atom stereocenters. The van der Waals surface area contributed by atoms with Crippen LogP contribution in [-0.4, -0.2) is 29.0 Å². The molecule has 0 radical (unpaired) electrons. The van der Waals surface area contributed by atoms with E-state index < -0.39 is 11.7 Å². The van der Waals surface area contributed by atoms with Crippen molar-refractivity contribution >= 4 is 0 Å². The number of hydrogen-bond acceptors (Lipinski definition) is 3. The number of aryl methyl sites for hydroxylation is 1. The van der Waals surface area contributed by atoms with Crippen molar-refractivity contribution in [1.29, 1.82) is 0 Å². The first-order valence-electron chi connectivity index (χ1n) is 7.59. The summed E-state index contributed by atoms with van der Waals surface area (Å²) in [7, 11) is 1.64. The zero-order chi connectivity index (χ0) is 14.6. The Labute approximate surface area is 121 Å². The lowest BCUT2D eigenvalue weighted by molar-refractivity contribution is -0.0837. The molecule has 20 heavy (non-hydrogen) atoms. The molecule has 1 fully saturated rings. The van der Waals surface area contributed by atoms with Gasteiger partial charge in [-0.1, -0.05) is 43.4 Å². The maximum absolute atomic E-state index is 10.7. The van der Waals surface area contributed by atoms with Gasteiger partial charge < -0.3 is 14.9 Å². The van der Waals surface area contributed by atoms with Crippen molar-refractivity contribution in [3.63, 3.8) is 0 Å². The first kappa shape index (κ1) is 15.3. The number of aliphatic hydroxyl groups excluding tert-OH is 1. The van der Waals surface area contributed by atoms with E-state index in [2.05, 4.69) is 0 Å². The van der Waals surface area contributed by atoms with Gasteiger partial charge in [-0.15, -0.1) is 0 Å². The van der Waals surface area contributed by atoms with Crippen LogP contribution in [0.15, 0.2) is 18.2 Å². The van der Waals surface area contributed by atoms with Crippen LogP contribution in [0.4, 0.5) is 0 Å². The van der Waals surface area contributed by atoms with Crippen molar-refractivity contribution in [2.45, 2.75) is 63.6 Å². The van der Waals surface area contributed by atoms with Gasteiger partial charge in [0.1, 0.15) is 5.75 Å². The van der Waals surface area contributed by atoms with Crippen molar-refractivity contribution in [2.24, 2.45) is 0 Å². The number of methoxy groups -OCH3 is 1. The Bertz CT molecular complexity index is 434. The van der Waals surface area contributed by atoms with Gasteiger partial charge in [-0.2, -0.15) is 0 Å². The molecule has 0 amide bonds. The fourth-order valence-corrected chi connectivity index (χ4v) is 3.14. The SMILES string of the molecule is COc1ccc(C)cc1CC(O)C1(O)CCCCCC1. The smallest absolute Gasteiger partial charge is 0.122 e. The third-order valence-corrected chi connectivity index (χ3v) is 4.44. The number of aliphatic hydroxyl groups is 2. The minimum atomic E-state index is -0.939. The van der Waals surface area contributed by atoms with Gasteiger partial charge in [0.25, 0.3) is 0 Å². The lowest BCUT2D eigenvalue weighted by Crippen LogP contribution is -2.43. The van der Waals surface area contributed by atoms with Crippen LogP contribution in [0.3, 0.4) is 0 Å². The molecule has 1 aromatic carbocycles. The molecule has 0 bridgehead atoms. The van der Waals surface area contributed by atoms with Gasteiger partial charge in [-0.25, -0.2) is 0 Å². The standard InChI is InChI=1S/C17H26O3/c1-13-7-8-15(20-2)14(11-13)12-16(18)17(19)9-5-3-4-6-10-17/h7-8,11,16,18-19H,3-6,9-10,12H2,1-2H3. The van der Waals surface area contributed by atoms with E-state index >= 15 is 0 Å². The number of benzene rings is 1. The van der Waals surface area contributed by atoms with E-state index in [0.717, 1.165) is 42.6 Å². The lowest BCUT2D eigenvalue weighted by atomic mass is 9.85. The first-order valence-corrected chi connectivity index (χ1v) is 7.59. The van der Waals surface area contributed by atoms with E-state index in [1.54, 1.807) is 7.11 Å². The topological polar surface area (TPSA) is 49.7 Å². The van der Waals surface area contributed by atoms with Crippen LogP contribution in [0.5, 0.6) is 5.75 Å². The van der Waals surface area contributed by atoms with Gasteiger partial charge in [0.2, 0.25) is 0 Å². The van der Waals surface area contributed by atoms with E-state index in [1.165, 1.54) is 0 Å². The molecule has 0 aliphatic heterocycles. The van der Waals surface area contributed by atoms with Gasteiger partial charge in [0.05, 0.1) is 18.8 Å². The quantitative estimate of drug-likeness (QED) is 0.832. The highest BCUT2D eigenvalue weighted by atomic mass is 16.5. The van der Waals surface area contributed by atoms with E-state index in [1.807, 2.05) is 25.1 Å². The molecule has 0 spiro atoms. The maximum Gasteiger partial charge on any atom is 0.122 e. The molecule has 1 saturated carbocycles. The van der Waals surface area contributed by atoms with Crippen molar-refractivity contribution in [3.05, 3.63) is 29.3 Å². The molecule has 3 heteroatoms. The van der Waals surface area contributed by atoms with Crippen molar-refractivity contribution in [2.75, 3.05) is 7.11 Å². The van der Waals surface area contributed by atoms with Gasteiger partial charge in [-0.05, 0) is 31.4 Å². The molecular weight excluding hydrogens is 252 g/mol. The Kier molecular flexibility index (Phi) is 5.06. The number of rotatable bonds is 4. The highest BCUT2D eigenvalue weighted by Gasteiger charge is 2.36. The number of hydrogen-bond donors (Lipinski definition) is 2. The monoisotopic (exact) mass is 278 g/mol. The summed E-state index contributed by atoms with van der Waals surface area (Å²) in [6.07, 6.45) is 5.42.